The highest BCUT2D eigenvalue weighted by molar-refractivity contribution is 7.17. The van der Waals surface area contributed by atoms with Gasteiger partial charge >= 0.3 is 0 Å². The Bertz CT molecular complexity index is 906. The number of hydrogen-bond acceptors (Lipinski definition) is 5. The quantitative estimate of drug-likeness (QED) is 0.722. The summed E-state index contributed by atoms with van der Waals surface area (Å²) in [4.78, 5) is 39.4. The van der Waals surface area contributed by atoms with Crippen LogP contribution in [0.4, 0.5) is 5.00 Å². The number of carbonyl (C=O) groups is 3. The fourth-order valence-corrected chi connectivity index (χ4v) is 4.52. The lowest BCUT2D eigenvalue weighted by atomic mass is 10.0. The smallest absolute Gasteiger partial charge is 0.256 e. The molecule has 3 N–H and O–H groups in total. The van der Waals surface area contributed by atoms with Crippen molar-refractivity contribution >= 4 is 46.3 Å². The monoisotopic (exact) mass is 421 g/mol. The summed E-state index contributed by atoms with van der Waals surface area (Å²) in [5, 5.41) is 3.33. The molecule has 0 saturated heterocycles. The Morgan fingerprint density at radius 1 is 1.14 bits per heavy atom. The molecule has 28 heavy (non-hydrogen) atoms. The van der Waals surface area contributed by atoms with Gasteiger partial charge < -0.3 is 11.1 Å². The van der Waals surface area contributed by atoms with E-state index in [4.69, 9.17) is 5.73 Å². The van der Waals surface area contributed by atoms with Crippen LogP contribution in [0.1, 0.15) is 62.3 Å². The molecule has 1 aliphatic rings. The van der Waals surface area contributed by atoms with Crippen molar-refractivity contribution in [3.63, 3.8) is 0 Å². The molecule has 6 nitrogen and oxygen atoms in total. The van der Waals surface area contributed by atoms with Gasteiger partial charge in [0, 0.05) is 35.1 Å². The summed E-state index contributed by atoms with van der Waals surface area (Å²) in [5.74, 6) is -0.904. The third-order valence-corrected chi connectivity index (χ3v) is 5.98. The van der Waals surface area contributed by atoms with Gasteiger partial charge in [0.05, 0.1) is 5.56 Å². The van der Waals surface area contributed by atoms with E-state index in [0.717, 1.165) is 30.0 Å². The van der Waals surface area contributed by atoms with E-state index in [2.05, 4.69) is 24.1 Å². The number of primary amides is 1. The molecule has 0 bridgehead atoms. The molecule has 2 heterocycles. The molecule has 0 fully saturated rings. The molecule has 0 unspecified atom stereocenters. The number of fused-ring (bicyclic) bond motifs is 1. The summed E-state index contributed by atoms with van der Waals surface area (Å²) in [6.45, 7) is 7.37. The van der Waals surface area contributed by atoms with Crippen LogP contribution in [0.15, 0.2) is 24.3 Å². The fourth-order valence-electron chi connectivity index (χ4n) is 3.24. The molecule has 3 rings (SSSR count). The summed E-state index contributed by atoms with van der Waals surface area (Å²) in [6, 6.07) is 6.85. The minimum Gasteiger partial charge on any atom is -0.365 e. The van der Waals surface area contributed by atoms with Crippen LogP contribution in [0.2, 0.25) is 0 Å². The van der Waals surface area contributed by atoms with E-state index >= 15 is 0 Å². The van der Waals surface area contributed by atoms with E-state index in [1.165, 1.54) is 18.3 Å². The zero-order valence-corrected chi connectivity index (χ0v) is 17.7. The average Bonchev–Trinajstić information content (AvgIpc) is 2.98. The van der Waals surface area contributed by atoms with Crippen LogP contribution in [0, 0.1) is 0 Å². The predicted octanol–water partition coefficient (Wildman–Crippen LogP) is 3.49. The van der Waals surface area contributed by atoms with Crippen molar-refractivity contribution in [3.8, 4) is 0 Å². The van der Waals surface area contributed by atoms with Gasteiger partial charge in [0.1, 0.15) is 5.00 Å². The molecule has 1 aromatic heterocycles. The number of nitrogens with one attached hydrogen (secondary N) is 1. The number of thiophene rings is 1. The normalized spacial score (nSPS) is 13.6. The Balaban J connectivity index is 0.00000280. The minimum absolute atomic E-state index is 0. The van der Waals surface area contributed by atoms with E-state index in [-0.39, 0.29) is 24.1 Å². The van der Waals surface area contributed by atoms with Crippen LogP contribution in [0.5, 0.6) is 0 Å². The number of benzene rings is 1. The van der Waals surface area contributed by atoms with Gasteiger partial charge in [-0.15, -0.1) is 23.7 Å². The largest absolute Gasteiger partial charge is 0.365 e. The number of halogens is 1. The molecule has 0 radical (unpaired) electrons. The molecule has 0 atom stereocenters. The summed E-state index contributed by atoms with van der Waals surface area (Å²) in [5.41, 5.74) is 7.95. The number of rotatable bonds is 5. The molecular formula is C20H24ClN3O3S. The van der Waals surface area contributed by atoms with Gasteiger partial charge in [-0.05, 0) is 44.9 Å². The fraction of sp³-hybridized carbons (Fsp3) is 0.350. The summed E-state index contributed by atoms with van der Waals surface area (Å²) in [7, 11) is 0. The van der Waals surface area contributed by atoms with E-state index in [0.29, 0.717) is 27.7 Å². The Hall–Kier alpha value is -2.22. The first-order valence-electron chi connectivity index (χ1n) is 8.88. The number of ketones is 1. The maximum atomic E-state index is 12.6. The molecule has 1 aliphatic heterocycles. The Morgan fingerprint density at radius 2 is 1.75 bits per heavy atom. The van der Waals surface area contributed by atoms with Crippen molar-refractivity contribution in [1.82, 2.24) is 4.90 Å². The summed E-state index contributed by atoms with van der Waals surface area (Å²) in [6.07, 6.45) is 0.742. The van der Waals surface area contributed by atoms with Crippen LogP contribution in [-0.2, 0) is 13.0 Å². The van der Waals surface area contributed by atoms with E-state index < -0.39 is 5.91 Å². The first kappa shape index (κ1) is 22.1. The second-order valence-corrected chi connectivity index (χ2v) is 8.08. The van der Waals surface area contributed by atoms with E-state index in [1.54, 1.807) is 24.3 Å². The highest BCUT2D eigenvalue weighted by Crippen LogP contribution is 2.37. The van der Waals surface area contributed by atoms with E-state index in [9.17, 15) is 14.4 Å². The second kappa shape index (κ2) is 8.86. The molecule has 8 heteroatoms. The first-order valence-corrected chi connectivity index (χ1v) is 9.70. The molecule has 150 valence electrons. The molecular weight excluding hydrogens is 398 g/mol. The van der Waals surface area contributed by atoms with Crippen molar-refractivity contribution in [2.75, 3.05) is 11.9 Å². The topological polar surface area (TPSA) is 92.5 Å². The average molecular weight is 422 g/mol. The standard InChI is InChI=1S/C20H23N3O3S.ClH/c1-11(2)23-9-8-15-16(10-23)27-20(17(15)18(21)25)22-19(26)14-6-4-13(5-7-14)12(3)24;/h4-7,11H,8-10H2,1-3H3,(H2,21,25)(H,22,26);1H. The van der Waals surface area contributed by atoms with Crippen LogP contribution in [0.3, 0.4) is 0 Å². The number of nitrogens with zero attached hydrogens (tertiary/aromatic N) is 1. The molecule has 2 aromatic rings. The number of anilines is 1. The van der Waals surface area contributed by atoms with Gasteiger partial charge in [-0.2, -0.15) is 0 Å². The molecule has 0 saturated carbocycles. The highest BCUT2D eigenvalue weighted by Gasteiger charge is 2.28. The highest BCUT2D eigenvalue weighted by atomic mass is 35.5. The number of hydrogen-bond donors (Lipinski definition) is 2. The lowest BCUT2D eigenvalue weighted by Crippen LogP contribution is -2.35. The van der Waals surface area contributed by atoms with Gasteiger partial charge in [0.2, 0.25) is 0 Å². The number of amides is 2. The summed E-state index contributed by atoms with van der Waals surface area (Å²) >= 11 is 1.41. The maximum Gasteiger partial charge on any atom is 0.256 e. The molecule has 2 amide bonds. The third kappa shape index (κ3) is 4.43. The number of carbonyl (C=O) groups excluding carboxylic acids is 3. The van der Waals surface area contributed by atoms with Crippen molar-refractivity contribution in [2.45, 2.75) is 39.8 Å². The number of nitrogens with two attached hydrogens (primary N) is 1. The molecule has 1 aromatic carbocycles. The van der Waals surface area contributed by atoms with Crippen LogP contribution >= 0.6 is 23.7 Å². The van der Waals surface area contributed by atoms with Crippen molar-refractivity contribution in [2.24, 2.45) is 5.73 Å². The van der Waals surface area contributed by atoms with Crippen molar-refractivity contribution in [3.05, 3.63) is 51.4 Å². The minimum atomic E-state index is -0.521. The maximum absolute atomic E-state index is 12.6. The lowest BCUT2D eigenvalue weighted by Gasteiger charge is -2.30. The zero-order valence-electron chi connectivity index (χ0n) is 16.1. The van der Waals surface area contributed by atoms with Gasteiger partial charge in [0.25, 0.3) is 11.8 Å². The molecule has 0 spiro atoms. The van der Waals surface area contributed by atoms with Crippen LogP contribution in [-0.4, -0.2) is 35.1 Å². The van der Waals surface area contributed by atoms with Gasteiger partial charge in [-0.25, -0.2) is 0 Å². The SMILES string of the molecule is CC(=O)c1ccc(C(=O)Nc2sc3c(c2C(N)=O)CCN(C(C)C)C3)cc1.Cl. The Kier molecular flexibility index (Phi) is 6.98. The number of Topliss-reactive ketones (excluding diaryl/α,β-unsaturated/α-hetero) is 1. The van der Waals surface area contributed by atoms with Crippen LogP contribution < -0.4 is 11.1 Å². The van der Waals surface area contributed by atoms with E-state index in [1.807, 2.05) is 0 Å². The zero-order chi connectivity index (χ0) is 19.7. The lowest BCUT2D eigenvalue weighted by molar-refractivity contribution is 0.0994. The predicted molar refractivity (Wildman–Crippen MR) is 114 cm³/mol. The Morgan fingerprint density at radius 3 is 2.29 bits per heavy atom. The first-order chi connectivity index (χ1) is 12.8. The summed E-state index contributed by atoms with van der Waals surface area (Å²) < 4.78 is 0. The van der Waals surface area contributed by atoms with Crippen molar-refractivity contribution < 1.29 is 14.4 Å². The van der Waals surface area contributed by atoms with Crippen LogP contribution in [0.25, 0.3) is 0 Å². The van der Waals surface area contributed by atoms with Gasteiger partial charge in [-0.1, -0.05) is 12.1 Å². The Labute approximate surface area is 174 Å². The van der Waals surface area contributed by atoms with Gasteiger partial charge in [0.15, 0.2) is 5.78 Å². The molecule has 0 aliphatic carbocycles. The second-order valence-electron chi connectivity index (χ2n) is 6.97. The van der Waals surface area contributed by atoms with Crippen molar-refractivity contribution in [1.29, 1.82) is 0 Å². The van der Waals surface area contributed by atoms with Gasteiger partial charge in [-0.3, -0.25) is 19.3 Å². The third-order valence-electron chi connectivity index (χ3n) is 4.84.